The first kappa shape index (κ1) is 12.1. The number of fused-ring (bicyclic) bond motifs is 1. The van der Waals surface area contributed by atoms with Crippen LogP contribution in [0.2, 0.25) is 0 Å². The van der Waals surface area contributed by atoms with Gasteiger partial charge in [0.05, 0.1) is 18.4 Å². The number of allylic oxidation sites excluding steroid dienone is 1. The van der Waals surface area contributed by atoms with Crippen molar-refractivity contribution in [2.75, 3.05) is 0 Å². The van der Waals surface area contributed by atoms with Crippen molar-refractivity contribution >= 4 is 5.76 Å². The van der Waals surface area contributed by atoms with Crippen molar-refractivity contribution in [3.8, 4) is 17.9 Å². The van der Waals surface area contributed by atoms with E-state index in [0.717, 1.165) is 5.56 Å². The van der Waals surface area contributed by atoms with Crippen LogP contribution in [-0.2, 0) is 0 Å². The quantitative estimate of drug-likeness (QED) is 0.831. The lowest BCUT2D eigenvalue weighted by Crippen LogP contribution is -2.14. The fraction of sp³-hybridized carbons (Fsp3) is 0.125. The Morgan fingerprint density at radius 3 is 2.55 bits per heavy atom. The summed E-state index contributed by atoms with van der Waals surface area (Å²) in [5, 5.41) is 18.3. The minimum atomic E-state index is -0.759. The van der Waals surface area contributed by atoms with Gasteiger partial charge in [-0.2, -0.15) is 10.5 Å². The van der Waals surface area contributed by atoms with E-state index in [1.54, 1.807) is 24.5 Å². The molecule has 0 aliphatic carbocycles. The second-order valence-corrected chi connectivity index (χ2v) is 4.41. The molecular formula is C16H10N2O2. The highest BCUT2D eigenvalue weighted by Crippen LogP contribution is 2.40. The number of ether oxygens (including phenoxy) is 1. The number of furan rings is 1. The highest BCUT2D eigenvalue weighted by molar-refractivity contribution is 5.64. The van der Waals surface area contributed by atoms with Crippen LogP contribution < -0.4 is 4.74 Å². The molecular weight excluding hydrogens is 252 g/mol. The molecule has 4 heteroatoms. The Hall–Kier alpha value is -2.98. The number of benzene rings is 1. The molecule has 0 radical (unpaired) electrons. The third-order valence-electron chi connectivity index (χ3n) is 3.23. The molecule has 96 valence electrons. The van der Waals surface area contributed by atoms with E-state index < -0.39 is 5.92 Å². The van der Waals surface area contributed by atoms with Crippen molar-refractivity contribution < 1.29 is 9.15 Å². The number of nitriles is 2. The fourth-order valence-electron chi connectivity index (χ4n) is 2.27. The minimum Gasteiger partial charge on any atom is -0.461 e. The zero-order valence-corrected chi connectivity index (χ0v) is 10.5. The van der Waals surface area contributed by atoms with Gasteiger partial charge in [-0.25, -0.2) is 0 Å². The van der Waals surface area contributed by atoms with E-state index in [4.69, 9.17) is 19.7 Å². The van der Waals surface area contributed by atoms with E-state index in [0.29, 0.717) is 17.3 Å². The lowest BCUT2D eigenvalue weighted by atomic mass is 9.85. The molecule has 1 aliphatic heterocycles. The van der Waals surface area contributed by atoms with Gasteiger partial charge < -0.3 is 9.15 Å². The molecule has 1 unspecified atom stereocenters. The fourth-order valence-corrected chi connectivity index (χ4v) is 2.27. The maximum absolute atomic E-state index is 9.15. The first-order valence-corrected chi connectivity index (χ1v) is 6.15. The summed E-state index contributed by atoms with van der Waals surface area (Å²) >= 11 is 0. The minimum absolute atomic E-state index is 0.324. The summed E-state index contributed by atoms with van der Waals surface area (Å²) in [6.07, 6.45) is 3.33. The molecule has 0 saturated carbocycles. The Morgan fingerprint density at radius 1 is 1.05 bits per heavy atom. The van der Waals surface area contributed by atoms with Crippen molar-refractivity contribution in [1.82, 2.24) is 0 Å². The highest BCUT2D eigenvalue weighted by atomic mass is 16.5. The number of hydrogen-bond donors (Lipinski definition) is 0. The van der Waals surface area contributed by atoms with E-state index in [1.165, 1.54) is 0 Å². The maximum atomic E-state index is 9.15. The molecule has 0 N–H and O–H groups in total. The SMILES string of the molecule is N#CC(C#N)C1C=C(c2ccco2)Oc2ccccc21. The highest BCUT2D eigenvalue weighted by Gasteiger charge is 2.29. The van der Waals surface area contributed by atoms with E-state index in [2.05, 4.69) is 0 Å². The van der Waals surface area contributed by atoms with E-state index >= 15 is 0 Å². The predicted molar refractivity (Wildman–Crippen MR) is 71.2 cm³/mol. The zero-order valence-electron chi connectivity index (χ0n) is 10.5. The smallest absolute Gasteiger partial charge is 0.168 e. The first-order chi connectivity index (χ1) is 9.83. The van der Waals surface area contributed by atoms with Gasteiger partial charge in [-0.15, -0.1) is 0 Å². The standard InChI is InChI=1S/C16H10N2O2/c17-9-11(10-18)13-8-16(15-6-3-7-19-15)20-14-5-2-1-4-12(13)14/h1-8,11,13H. The van der Waals surface area contributed by atoms with Gasteiger partial charge in [0, 0.05) is 11.5 Å². The monoisotopic (exact) mass is 262 g/mol. The normalized spacial score (nSPS) is 16.6. The molecule has 4 nitrogen and oxygen atoms in total. The third-order valence-corrected chi connectivity index (χ3v) is 3.23. The molecule has 2 aromatic rings. The average molecular weight is 262 g/mol. The molecule has 0 amide bonds. The Labute approximate surface area is 116 Å². The van der Waals surface area contributed by atoms with Crippen LogP contribution in [0, 0.1) is 28.6 Å². The lowest BCUT2D eigenvalue weighted by molar-refractivity contribution is 0.442. The van der Waals surface area contributed by atoms with Crippen molar-refractivity contribution in [1.29, 1.82) is 10.5 Å². The first-order valence-electron chi connectivity index (χ1n) is 6.15. The topological polar surface area (TPSA) is 70.0 Å². The molecule has 20 heavy (non-hydrogen) atoms. The van der Waals surface area contributed by atoms with Gasteiger partial charge in [-0.05, 0) is 24.3 Å². The van der Waals surface area contributed by atoms with Gasteiger partial charge >= 0.3 is 0 Å². The summed E-state index contributed by atoms with van der Waals surface area (Å²) in [6, 6.07) is 15.0. The van der Waals surface area contributed by atoms with Crippen LogP contribution in [0.3, 0.4) is 0 Å². The van der Waals surface area contributed by atoms with Crippen LogP contribution >= 0.6 is 0 Å². The average Bonchev–Trinajstić information content (AvgIpc) is 3.02. The summed E-state index contributed by atoms with van der Waals surface area (Å²) < 4.78 is 11.1. The molecule has 0 spiro atoms. The van der Waals surface area contributed by atoms with Crippen LogP contribution in [0.4, 0.5) is 0 Å². The van der Waals surface area contributed by atoms with Gasteiger partial charge in [-0.3, -0.25) is 0 Å². The molecule has 0 bridgehead atoms. The van der Waals surface area contributed by atoms with Crippen LogP contribution in [0.5, 0.6) is 5.75 Å². The molecule has 0 saturated heterocycles. The molecule has 0 fully saturated rings. The Balaban J connectivity index is 2.10. The van der Waals surface area contributed by atoms with E-state index in [-0.39, 0.29) is 5.92 Å². The van der Waals surface area contributed by atoms with Crippen molar-refractivity contribution in [2.45, 2.75) is 5.92 Å². The van der Waals surface area contributed by atoms with E-state index in [9.17, 15) is 0 Å². The summed E-state index contributed by atoms with van der Waals surface area (Å²) in [6.45, 7) is 0. The molecule has 2 heterocycles. The molecule has 1 aromatic carbocycles. The predicted octanol–water partition coefficient (Wildman–Crippen LogP) is 3.46. The van der Waals surface area contributed by atoms with Crippen molar-refractivity contribution in [3.05, 3.63) is 60.1 Å². The van der Waals surface area contributed by atoms with Crippen LogP contribution in [0.15, 0.2) is 53.2 Å². The van der Waals surface area contributed by atoms with Gasteiger partial charge in [0.25, 0.3) is 0 Å². The van der Waals surface area contributed by atoms with Gasteiger partial charge in [0.1, 0.15) is 11.7 Å². The summed E-state index contributed by atoms with van der Waals surface area (Å²) in [5.41, 5.74) is 0.843. The van der Waals surface area contributed by atoms with Gasteiger partial charge in [0.15, 0.2) is 11.5 Å². The second-order valence-electron chi connectivity index (χ2n) is 4.41. The number of nitrogens with zero attached hydrogens (tertiary/aromatic N) is 2. The lowest BCUT2D eigenvalue weighted by Gasteiger charge is -2.24. The number of para-hydroxylation sites is 1. The van der Waals surface area contributed by atoms with Crippen molar-refractivity contribution in [3.63, 3.8) is 0 Å². The maximum Gasteiger partial charge on any atom is 0.168 e. The van der Waals surface area contributed by atoms with Crippen LogP contribution in [-0.4, -0.2) is 0 Å². The number of hydrogen-bond acceptors (Lipinski definition) is 4. The molecule has 1 aromatic heterocycles. The van der Waals surface area contributed by atoms with Crippen molar-refractivity contribution in [2.24, 2.45) is 5.92 Å². The summed E-state index contributed by atoms with van der Waals surface area (Å²) in [4.78, 5) is 0. The largest absolute Gasteiger partial charge is 0.461 e. The number of rotatable bonds is 2. The van der Waals surface area contributed by atoms with Crippen LogP contribution in [0.1, 0.15) is 17.2 Å². The summed E-state index contributed by atoms with van der Waals surface area (Å²) in [5.74, 6) is 0.690. The molecule has 1 aliphatic rings. The molecule has 3 rings (SSSR count). The van der Waals surface area contributed by atoms with Gasteiger partial charge in [0.2, 0.25) is 0 Å². The third kappa shape index (κ3) is 1.94. The van der Waals surface area contributed by atoms with Crippen LogP contribution in [0.25, 0.3) is 5.76 Å². The summed E-state index contributed by atoms with van der Waals surface area (Å²) in [7, 11) is 0. The second kappa shape index (κ2) is 4.95. The van der Waals surface area contributed by atoms with Gasteiger partial charge in [-0.1, -0.05) is 18.2 Å². The Bertz CT molecular complexity index is 719. The zero-order chi connectivity index (χ0) is 13.9. The Morgan fingerprint density at radius 2 is 1.85 bits per heavy atom. The Kier molecular flexibility index (Phi) is 2.99. The molecule has 1 atom stereocenters. The van der Waals surface area contributed by atoms with E-state index in [1.807, 2.05) is 36.4 Å².